The van der Waals surface area contributed by atoms with E-state index in [1.54, 1.807) is 0 Å². The lowest BCUT2D eigenvalue weighted by Gasteiger charge is -2.30. The highest BCUT2D eigenvalue weighted by Crippen LogP contribution is 2.11. The summed E-state index contributed by atoms with van der Waals surface area (Å²) in [7, 11) is -2.98. The van der Waals surface area contributed by atoms with Gasteiger partial charge in [-0.2, -0.15) is 4.31 Å². The van der Waals surface area contributed by atoms with Gasteiger partial charge in [-0.15, -0.1) is 0 Å². The molecule has 0 saturated carbocycles. The summed E-state index contributed by atoms with van der Waals surface area (Å²) in [5.41, 5.74) is 0. The molecule has 1 atom stereocenters. The molecule has 1 rings (SSSR count). The molecule has 0 radical (unpaired) electrons. The maximum atomic E-state index is 11.7. The number of nitrogens with one attached hydrogen (secondary N) is 1. The Labute approximate surface area is 98.0 Å². The molecule has 1 unspecified atom stereocenters. The van der Waals surface area contributed by atoms with Crippen molar-refractivity contribution in [1.82, 2.24) is 9.62 Å². The topological polar surface area (TPSA) is 110 Å². The van der Waals surface area contributed by atoms with Crippen LogP contribution < -0.4 is 5.32 Å². The van der Waals surface area contributed by atoms with Crippen molar-refractivity contribution >= 4 is 27.8 Å². The number of hydrogen-bond donors (Lipinski definition) is 1. The molecule has 1 aliphatic heterocycles. The second-order valence-electron chi connectivity index (χ2n) is 3.47. The number of amides is 2. The van der Waals surface area contributed by atoms with Gasteiger partial charge < -0.3 is 4.74 Å². The van der Waals surface area contributed by atoms with E-state index >= 15 is 0 Å². The van der Waals surface area contributed by atoms with E-state index in [-0.39, 0.29) is 0 Å². The van der Waals surface area contributed by atoms with Crippen molar-refractivity contribution in [2.45, 2.75) is 13.0 Å². The molecule has 1 fully saturated rings. The van der Waals surface area contributed by atoms with Crippen molar-refractivity contribution in [3.8, 4) is 0 Å². The van der Waals surface area contributed by atoms with Crippen LogP contribution in [0.3, 0.4) is 0 Å². The van der Waals surface area contributed by atoms with Crippen molar-refractivity contribution in [3.63, 3.8) is 0 Å². The van der Waals surface area contributed by atoms with E-state index in [0.717, 1.165) is 7.11 Å². The zero-order chi connectivity index (χ0) is 13.2. The quantitative estimate of drug-likeness (QED) is 0.459. The number of hydrogen-bond acceptors (Lipinski definition) is 6. The van der Waals surface area contributed by atoms with Gasteiger partial charge >= 0.3 is 5.97 Å². The zero-order valence-electron chi connectivity index (χ0n) is 9.30. The van der Waals surface area contributed by atoms with E-state index < -0.39 is 46.1 Å². The van der Waals surface area contributed by atoms with Crippen molar-refractivity contribution in [2.24, 2.45) is 0 Å². The number of sulfonamides is 1. The maximum Gasteiger partial charge on any atom is 0.322 e. The van der Waals surface area contributed by atoms with Gasteiger partial charge in [0, 0.05) is 0 Å². The first-order valence-corrected chi connectivity index (χ1v) is 6.29. The number of ether oxygens (including phenoxy) is 1. The Kier molecular flexibility index (Phi) is 3.83. The van der Waals surface area contributed by atoms with E-state index in [9.17, 15) is 22.8 Å². The fourth-order valence-corrected chi connectivity index (χ4v) is 2.79. The Hall–Kier alpha value is -1.48. The maximum absolute atomic E-state index is 11.7. The second-order valence-corrected chi connectivity index (χ2v) is 5.39. The summed E-state index contributed by atoms with van der Waals surface area (Å²) in [4.78, 5) is 33.3. The first-order valence-electron chi connectivity index (χ1n) is 4.68. The van der Waals surface area contributed by atoms with Crippen molar-refractivity contribution in [2.75, 3.05) is 19.4 Å². The lowest BCUT2D eigenvalue weighted by atomic mass is 10.2. The molecule has 1 N–H and O–H groups in total. The molecular formula is C8H12N2O6S. The van der Waals surface area contributed by atoms with Crippen molar-refractivity contribution < 1.29 is 27.5 Å². The third-order valence-electron chi connectivity index (χ3n) is 2.26. The van der Waals surface area contributed by atoms with E-state index in [4.69, 9.17) is 0 Å². The first kappa shape index (κ1) is 13.6. The van der Waals surface area contributed by atoms with Gasteiger partial charge in [0.1, 0.15) is 6.04 Å². The summed E-state index contributed by atoms with van der Waals surface area (Å²) in [5, 5.41) is 2.00. The van der Waals surface area contributed by atoms with E-state index in [0.29, 0.717) is 4.31 Å². The van der Waals surface area contributed by atoms with Gasteiger partial charge in [0.05, 0.1) is 13.7 Å². The smallest absolute Gasteiger partial charge is 0.322 e. The van der Waals surface area contributed by atoms with Crippen LogP contribution in [-0.4, -0.2) is 56.0 Å². The third-order valence-corrected chi connectivity index (χ3v) is 4.02. The van der Waals surface area contributed by atoms with Gasteiger partial charge in [-0.3, -0.25) is 19.7 Å². The normalized spacial score (nSPS) is 22.1. The van der Waals surface area contributed by atoms with Crippen LogP contribution in [0.2, 0.25) is 0 Å². The number of rotatable bonds is 3. The summed E-state index contributed by atoms with van der Waals surface area (Å²) >= 11 is 0. The van der Waals surface area contributed by atoms with Gasteiger partial charge in [0.15, 0.2) is 5.75 Å². The van der Waals surface area contributed by atoms with Crippen molar-refractivity contribution in [3.05, 3.63) is 0 Å². The molecule has 0 aromatic carbocycles. The Bertz CT molecular complexity index is 457. The van der Waals surface area contributed by atoms with Crippen LogP contribution in [0, 0.1) is 0 Å². The van der Waals surface area contributed by atoms with E-state index in [1.807, 2.05) is 5.32 Å². The summed E-state index contributed by atoms with van der Waals surface area (Å²) in [6.07, 6.45) is 0. The summed E-state index contributed by atoms with van der Waals surface area (Å²) in [6, 6.07) is -1.03. The lowest BCUT2D eigenvalue weighted by molar-refractivity contribution is -0.139. The minimum atomic E-state index is -4.03. The van der Waals surface area contributed by atoms with Crippen LogP contribution in [0.5, 0.6) is 0 Å². The van der Waals surface area contributed by atoms with Gasteiger partial charge in [-0.05, 0) is 6.92 Å². The molecule has 8 nitrogen and oxygen atoms in total. The fourth-order valence-electron chi connectivity index (χ4n) is 1.32. The molecular weight excluding hydrogens is 252 g/mol. The zero-order valence-corrected chi connectivity index (χ0v) is 10.1. The monoisotopic (exact) mass is 264 g/mol. The van der Waals surface area contributed by atoms with Crippen LogP contribution in [0.25, 0.3) is 0 Å². The highest BCUT2D eigenvalue weighted by Gasteiger charge is 2.39. The molecule has 96 valence electrons. The fraction of sp³-hybridized carbons (Fsp3) is 0.625. The van der Waals surface area contributed by atoms with Gasteiger partial charge in [-0.25, -0.2) is 8.42 Å². The largest absolute Gasteiger partial charge is 0.468 e. The van der Waals surface area contributed by atoms with Gasteiger partial charge in [0.25, 0.3) is 0 Å². The van der Waals surface area contributed by atoms with Crippen LogP contribution in [0.1, 0.15) is 6.92 Å². The Morgan fingerprint density at radius 1 is 1.53 bits per heavy atom. The highest BCUT2D eigenvalue weighted by molar-refractivity contribution is 7.89. The van der Waals surface area contributed by atoms with Crippen LogP contribution >= 0.6 is 0 Å². The predicted octanol–water partition coefficient (Wildman–Crippen LogP) is -2.16. The molecule has 0 aromatic rings. The van der Waals surface area contributed by atoms with E-state index in [2.05, 4.69) is 4.74 Å². The number of nitrogens with zero attached hydrogens (tertiary/aromatic N) is 1. The lowest BCUT2D eigenvalue weighted by Crippen LogP contribution is -2.59. The van der Waals surface area contributed by atoms with Gasteiger partial charge in [0.2, 0.25) is 21.8 Å². The average Bonchev–Trinajstić information content (AvgIpc) is 2.22. The number of carbonyl (C=O) groups excluding carboxylic acids is 3. The minimum absolute atomic E-state index is 0.480. The Balaban J connectivity index is 2.93. The molecule has 2 amide bonds. The summed E-state index contributed by atoms with van der Waals surface area (Å²) in [6.45, 7) is 0.850. The number of carbonyl (C=O) groups is 3. The molecule has 1 heterocycles. The molecule has 1 saturated heterocycles. The van der Waals surface area contributed by atoms with Gasteiger partial charge in [-0.1, -0.05) is 0 Å². The molecule has 0 spiro atoms. The summed E-state index contributed by atoms with van der Waals surface area (Å²) < 4.78 is 28.4. The first-order chi connectivity index (χ1) is 7.77. The molecule has 0 bridgehead atoms. The van der Waals surface area contributed by atoms with Crippen molar-refractivity contribution in [1.29, 1.82) is 0 Å². The van der Waals surface area contributed by atoms with Crippen LogP contribution in [0.4, 0.5) is 0 Å². The second kappa shape index (κ2) is 4.80. The molecule has 1 aliphatic rings. The Morgan fingerprint density at radius 2 is 2.12 bits per heavy atom. The average molecular weight is 264 g/mol. The highest BCUT2D eigenvalue weighted by atomic mass is 32.2. The minimum Gasteiger partial charge on any atom is -0.468 e. The third kappa shape index (κ3) is 3.01. The van der Waals surface area contributed by atoms with Crippen LogP contribution in [-0.2, 0) is 29.1 Å². The number of methoxy groups -OCH3 is 1. The summed E-state index contributed by atoms with van der Waals surface area (Å²) in [5.74, 6) is -3.28. The predicted molar refractivity (Wildman–Crippen MR) is 55.1 cm³/mol. The number of piperazine rings is 1. The number of imide groups is 1. The van der Waals surface area contributed by atoms with E-state index in [1.165, 1.54) is 6.92 Å². The molecule has 9 heteroatoms. The molecule has 0 aliphatic carbocycles. The molecule has 17 heavy (non-hydrogen) atoms. The Morgan fingerprint density at radius 3 is 2.65 bits per heavy atom. The van der Waals surface area contributed by atoms with Crippen LogP contribution in [0.15, 0.2) is 0 Å². The standard InChI is InChI=1S/C8H12N2O6S/c1-5-8(13)9-6(11)3-10(5)17(14,15)4-7(12)16-2/h5H,3-4H2,1-2H3,(H,9,11,13). The SMILES string of the molecule is COC(=O)CS(=O)(=O)N1CC(=O)NC(=O)C1C. The number of esters is 1. The molecule has 0 aromatic heterocycles.